The number of piperidine rings is 1. The summed E-state index contributed by atoms with van der Waals surface area (Å²) in [5.41, 5.74) is -3.84. The van der Waals surface area contributed by atoms with Gasteiger partial charge in [0.15, 0.2) is 0 Å². The molecule has 2 aliphatic heterocycles. The van der Waals surface area contributed by atoms with Crippen LogP contribution in [0.4, 0.5) is 46.0 Å². The van der Waals surface area contributed by atoms with E-state index in [-0.39, 0.29) is 25.1 Å². The highest BCUT2D eigenvalue weighted by molar-refractivity contribution is 5.92. The van der Waals surface area contributed by atoms with Crippen molar-refractivity contribution in [3.8, 4) is 0 Å². The first kappa shape index (κ1) is 35.8. The molecule has 2 saturated heterocycles. The average molecular weight is 675 g/mol. The number of urea groups is 1. The molecule has 2 aromatic carbocycles. The molecule has 2 aromatic rings. The molecule has 2 fully saturated rings. The summed E-state index contributed by atoms with van der Waals surface area (Å²) in [4.78, 5) is 44.8. The van der Waals surface area contributed by atoms with Gasteiger partial charge < -0.3 is 19.4 Å². The molecule has 15 heteroatoms. The summed E-state index contributed by atoms with van der Waals surface area (Å²) in [6.45, 7) is 5.99. The quantitative estimate of drug-likeness (QED) is 0.328. The van der Waals surface area contributed by atoms with Crippen LogP contribution in [0.5, 0.6) is 0 Å². The number of carbonyl (C=O) groups is 3. The Morgan fingerprint density at radius 1 is 0.809 bits per heavy atom. The van der Waals surface area contributed by atoms with Crippen LogP contribution < -0.4 is 4.90 Å². The van der Waals surface area contributed by atoms with Crippen molar-refractivity contribution in [1.82, 2.24) is 14.7 Å². The summed E-state index contributed by atoms with van der Waals surface area (Å²) in [6, 6.07) is 4.70. The lowest BCUT2D eigenvalue weighted by molar-refractivity contribution is -0.143. The highest BCUT2D eigenvalue weighted by Gasteiger charge is 2.44. The Labute approximate surface area is 268 Å². The fourth-order valence-electron chi connectivity index (χ4n) is 5.91. The normalized spacial score (nSPS) is 19.5. The minimum absolute atomic E-state index is 0.0135. The molecule has 2 aliphatic rings. The lowest BCUT2D eigenvalue weighted by Gasteiger charge is -2.34. The van der Waals surface area contributed by atoms with E-state index >= 15 is 0 Å². The van der Waals surface area contributed by atoms with Crippen molar-refractivity contribution >= 4 is 23.7 Å². The standard InChI is InChI=1S/C32H37F7N4O4/c1-30(2,3)47-29(46)42-12-10-20(11-13-42)27(44)43-17-25(19-6-8-23(33)9-7-19)26(18-43)41(5)28(45)40(4)24-15-21(31(34,35)36)14-22(16-24)32(37,38)39/h6-9,14-16,20,25-26H,10-13,17-18H2,1-5H3/t25-,26+/m0/s1. The summed E-state index contributed by atoms with van der Waals surface area (Å²) in [6.07, 6.45) is -9.94. The van der Waals surface area contributed by atoms with Gasteiger partial charge in [0.25, 0.3) is 0 Å². The second-order valence-electron chi connectivity index (χ2n) is 12.9. The molecule has 0 bridgehead atoms. The SMILES string of the molecule is CN(C(=O)N(C)[C@@H]1CN(C(=O)C2CCN(C(=O)OC(C)(C)C)CC2)C[C@H]1c1ccc(F)cc1)c1cc(C(F)(F)F)cc(C(F)(F)F)c1. The topological polar surface area (TPSA) is 73.4 Å². The largest absolute Gasteiger partial charge is 0.444 e. The monoisotopic (exact) mass is 674 g/mol. The van der Waals surface area contributed by atoms with Crippen LogP contribution in [0.1, 0.15) is 56.2 Å². The first-order valence-corrected chi connectivity index (χ1v) is 15.0. The molecule has 0 unspecified atom stereocenters. The minimum Gasteiger partial charge on any atom is -0.444 e. The van der Waals surface area contributed by atoms with Crippen LogP contribution in [-0.4, -0.2) is 84.6 Å². The van der Waals surface area contributed by atoms with E-state index in [1.807, 2.05) is 0 Å². The van der Waals surface area contributed by atoms with Gasteiger partial charge in [0.2, 0.25) is 5.91 Å². The van der Waals surface area contributed by atoms with Gasteiger partial charge in [-0.1, -0.05) is 12.1 Å². The maximum Gasteiger partial charge on any atom is 0.416 e. The van der Waals surface area contributed by atoms with Gasteiger partial charge in [0.1, 0.15) is 11.4 Å². The van der Waals surface area contributed by atoms with Crippen molar-refractivity contribution < 1.29 is 49.9 Å². The molecule has 8 nitrogen and oxygen atoms in total. The molecule has 0 N–H and O–H groups in total. The Balaban J connectivity index is 1.56. The maximum absolute atomic E-state index is 13.8. The van der Waals surface area contributed by atoms with Crippen molar-refractivity contribution in [3.05, 3.63) is 65.0 Å². The zero-order valence-electron chi connectivity index (χ0n) is 26.6. The number of alkyl halides is 6. The van der Waals surface area contributed by atoms with Gasteiger partial charge in [-0.2, -0.15) is 26.3 Å². The predicted octanol–water partition coefficient (Wildman–Crippen LogP) is 6.99. The summed E-state index contributed by atoms with van der Waals surface area (Å²) in [7, 11) is 2.42. The van der Waals surface area contributed by atoms with Gasteiger partial charge in [0, 0.05) is 57.8 Å². The number of hydrogen-bond acceptors (Lipinski definition) is 4. The Hall–Kier alpha value is -4.04. The summed E-state index contributed by atoms with van der Waals surface area (Å²) in [5, 5.41) is 0. The zero-order chi connectivity index (χ0) is 35.1. The van der Waals surface area contributed by atoms with E-state index in [2.05, 4.69) is 0 Å². The average Bonchev–Trinajstić information content (AvgIpc) is 3.43. The molecule has 258 valence electrons. The molecular formula is C32H37F7N4O4. The van der Waals surface area contributed by atoms with Gasteiger partial charge in [-0.15, -0.1) is 0 Å². The lowest BCUT2D eigenvalue weighted by Crippen LogP contribution is -2.48. The highest BCUT2D eigenvalue weighted by atomic mass is 19.4. The number of likely N-dealkylation sites (N-methyl/N-ethyl adjacent to an activating group) is 1. The van der Waals surface area contributed by atoms with Gasteiger partial charge >= 0.3 is 24.5 Å². The molecule has 0 saturated carbocycles. The summed E-state index contributed by atoms with van der Waals surface area (Å²) in [5.74, 6) is -1.71. The molecule has 0 radical (unpaired) electrons. The van der Waals surface area contributed by atoms with Gasteiger partial charge in [-0.05, 0) is 69.5 Å². The molecule has 4 rings (SSSR count). The zero-order valence-corrected chi connectivity index (χ0v) is 26.6. The Bertz CT molecular complexity index is 1430. The van der Waals surface area contributed by atoms with Crippen molar-refractivity contribution in [2.75, 3.05) is 45.2 Å². The van der Waals surface area contributed by atoms with Crippen LogP contribution in [-0.2, 0) is 21.9 Å². The van der Waals surface area contributed by atoms with Gasteiger partial charge in [0.05, 0.1) is 17.2 Å². The maximum atomic E-state index is 13.8. The first-order valence-electron chi connectivity index (χ1n) is 15.0. The molecule has 0 spiro atoms. The smallest absolute Gasteiger partial charge is 0.416 e. The van der Waals surface area contributed by atoms with Crippen molar-refractivity contribution in [2.45, 2.75) is 63.5 Å². The number of anilines is 1. The molecule has 2 atom stereocenters. The number of carbonyl (C=O) groups excluding carboxylic acids is 3. The number of rotatable bonds is 4. The molecule has 47 heavy (non-hydrogen) atoms. The van der Waals surface area contributed by atoms with E-state index in [1.54, 1.807) is 25.7 Å². The molecule has 4 amide bonds. The number of nitrogens with zero attached hydrogens (tertiary/aromatic N) is 4. The summed E-state index contributed by atoms with van der Waals surface area (Å²) >= 11 is 0. The number of hydrogen-bond donors (Lipinski definition) is 0. The third-order valence-corrected chi connectivity index (χ3v) is 8.44. The minimum atomic E-state index is -5.10. The predicted molar refractivity (Wildman–Crippen MR) is 158 cm³/mol. The van der Waals surface area contributed by atoms with Crippen LogP contribution in [0.25, 0.3) is 0 Å². The van der Waals surface area contributed by atoms with Gasteiger partial charge in [-0.25, -0.2) is 14.0 Å². The van der Waals surface area contributed by atoms with Crippen molar-refractivity contribution in [3.63, 3.8) is 0 Å². The Morgan fingerprint density at radius 2 is 1.34 bits per heavy atom. The highest BCUT2D eigenvalue weighted by Crippen LogP contribution is 2.39. The third kappa shape index (κ3) is 8.47. The number of ether oxygens (including phenoxy) is 1. The first-order chi connectivity index (χ1) is 21.7. The Morgan fingerprint density at radius 3 is 1.83 bits per heavy atom. The molecule has 0 aromatic heterocycles. The van der Waals surface area contributed by atoms with Crippen LogP contribution in [0.3, 0.4) is 0 Å². The van der Waals surface area contributed by atoms with Crippen LogP contribution in [0, 0.1) is 11.7 Å². The fraction of sp³-hybridized carbons (Fsp3) is 0.531. The second kappa shape index (κ2) is 13.2. The number of likely N-dealkylation sites (tertiary alicyclic amines) is 2. The van der Waals surface area contributed by atoms with E-state index in [4.69, 9.17) is 4.74 Å². The second-order valence-corrected chi connectivity index (χ2v) is 12.9. The van der Waals surface area contributed by atoms with Crippen LogP contribution in [0.15, 0.2) is 42.5 Å². The Kier molecular flexibility index (Phi) is 10.1. The fourth-order valence-corrected chi connectivity index (χ4v) is 5.91. The molecule has 2 heterocycles. The molecule has 0 aliphatic carbocycles. The van der Waals surface area contributed by atoms with E-state index in [0.717, 1.165) is 7.05 Å². The van der Waals surface area contributed by atoms with Crippen molar-refractivity contribution in [2.24, 2.45) is 5.92 Å². The lowest BCUT2D eigenvalue weighted by atomic mass is 9.93. The molecular weight excluding hydrogens is 637 g/mol. The van der Waals surface area contributed by atoms with Gasteiger partial charge in [-0.3, -0.25) is 9.69 Å². The third-order valence-electron chi connectivity index (χ3n) is 8.44. The van der Waals surface area contributed by atoms with E-state index < -0.39 is 70.6 Å². The van der Waals surface area contributed by atoms with Crippen LogP contribution in [0.2, 0.25) is 0 Å². The van der Waals surface area contributed by atoms with E-state index in [1.165, 1.54) is 41.1 Å². The van der Waals surface area contributed by atoms with Crippen LogP contribution >= 0.6 is 0 Å². The number of halogens is 7. The summed E-state index contributed by atoms with van der Waals surface area (Å²) < 4.78 is 100. The van der Waals surface area contributed by atoms with E-state index in [0.29, 0.717) is 48.5 Å². The van der Waals surface area contributed by atoms with Crippen molar-refractivity contribution in [1.29, 1.82) is 0 Å². The number of amides is 4. The number of benzene rings is 2. The van der Waals surface area contributed by atoms with E-state index in [9.17, 15) is 45.1 Å².